The van der Waals surface area contributed by atoms with Gasteiger partial charge in [0, 0.05) is 16.5 Å². The summed E-state index contributed by atoms with van der Waals surface area (Å²) >= 11 is 0. The molecule has 0 atom stereocenters. The van der Waals surface area contributed by atoms with Crippen molar-refractivity contribution >= 4 is 75.7 Å². The van der Waals surface area contributed by atoms with Gasteiger partial charge < -0.3 is 4.57 Å². The van der Waals surface area contributed by atoms with Crippen molar-refractivity contribution in [2.75, 3.05) is 0 Å². The van der Waals surface area contributed by atoms with E-state index in [0.717, 1.165) is 0 Å². The summed E-state index contributed by atoms with van der Waals surface area (Å²) in [5.74, 6) is 0. The molecule has 0 radical (unpaired) electrons. The van der Waals surface area contributed by atoms with Crippen molar-refractivity contribution < 1.29 is 0 Å². The van der Waals surface area contributed by atoms with Gasteiger partial charge in [-0.15, -0.1) is 0 Å². The maximum Gasteiger partial charge on any atom is 0.0553 e. The second-order valence-electron chi connectivity index (χ2n) is 13.3. The fourth-order valence-electron chi connectivity index (χ4n) is 8.52. The lowest BCUT2D eigenvalue weighted by Crippen LogP contribution is -1.94. The van der Waals surface area contributed by atoms with Crippen molar-refractivity contribution in [2.45, 2.75) is 0 Å². The molecule has 0 fully saturated rings. The van der Waals surface area contributed by atoms with Crippen LogP contribution in [0.25, 0.3) is 104 Å². The summed E-state index contributed by atoms with van der Waals surface area (Å²) in [4.78, 5) is 0. The maximum absolute atomic E-state index is 2.49. The number of benzene rings is 10. The lowest BCUT2D eigenvalue weighted by atomic mass is 9.90. The number of fused-ring (bicyclic) bond motifs is 6. The molecule has 1 heterocycles. The van der Waals surface area contributed by atoms with Crippen molar-refractivity contribution in [3.8, 4) is 27.9 Å². The zero-order valence-corrected chi connectivity index (χ0v) is 26.7. The Morgan fingerprint density at radius 3 is 1.18 bits per heavy atom. The van der Waals surface area contributed by atoms with Crippen LogP contribution in [0.3, 0.4) is 0 Å². The van der Waals surface area contributed by atoms with Crippen LogP contribution >= 0.6 is 0 Å². The Morgan fingerprint density at radius 1 is 0.286 bits per heavy atom. The van der Waals surface area contributed by atoms with Gasteiger partial charge in [0.25, 0.3) is 0 Å². The van der Waals surface area contributed by atoms with Gasteiger partial charge in [0.05, 0.1) is 11.0 Å². The van der Waals surface area contributed by atoms with Gasteiger partial charge in [0.2, 0.25) is 0 Å². The Morgan fingerprint density at radius 2 is 0.694 bits per heavy atom. The van der Waals surface area contributed by atoms with E-state index in [4.69, 9.17) is 0 Å². The van der Waals surface area contributed by atoms with Crippen LogP contribution in [0.15, 0.2) is 176 Å². The zero-order chi connectivity index (χ0) is 32.1. The molecule has 0 aliphatic rings. The summed E-state index contributed by atoms with van der Waals surface area (Å²) in [5.41, 5.74) is 8.63. The molecule has 0 saturated carbocycles. The van der Waals surface area contributed by atoms with Crippen LogP contribution in [-0.4, -0.2) is 4.57 Å². The van der Waals surface area contributed by atoms with Gasteiger partial charge in [-0.2, -0.15) is 0 Å². The molecular formula is C48H29N. The third-order valence-electron chi connectivity index (χ3n) is 10.6. The van der Waals surface area contributed by atoms with E-state index in [2.05, 4.69) is 180 Å². The molecule has 226 valence electrons. The Kier molecular flexibility index (Phi) is 5.45. The van der Waals surface area contributed by atoms with E-state index >= 15 is 0 Å². The first kappa shape index (κ1) is 26.6. The van der Waals surface area contributed by atoms with Crippen molar-refractivity contribution in [3.05, 3.63) is 176 Å². The largest absolute Gasteiger partial charge is 0.309 e. The van der Waals surface area contributed by atoms with Crippen LogP contribution in [0.1, 0.15) is 0 Å². The number of rotatable bonds is 3. The van der Waals surface area contributed by atoms with Crippen molar-refractivity contribution in [3.63, 3.8) is 0 Å². The molecule has 1 aromatic heterocycles. The molecule has 0 aliphatic carbocycles. The minimum absolute atomic E-state index is 1.17. The van der Waals surface area contributed by atoms with Crippen LogP contribution in [-0.2, 0) is 0 Å². The zero-order valence-electron chi connectivity index (χ0n) is 26.7. The Hall–Kier alpha value is -6.44. The first-order valence-corrected chi connectivity index (χ1v) is 17.0. The fraction of sp³-hybridized carbons (Fsp3) is 0. The van der Waals surface area contributed by atoms with Crippen molar-refractivity contribution in [2.24, 2.45) is 0 Å². The monoisotopic (exact) mass is 619 g/mol. The number of hydrogen-bond acceptors (Lipinski definition) is 0. The Labute approximate surface area is 283 Å². The van der Waals surface area contributed by atoms with Crippen LogP contribution in [0, 0.1) is 0 Å². The van der Waals surface area contributed by atoms with Gasteiger partial charge in [-0.1, -0.05) is 127 Å². The lowest BCUT2D eigenvalue weighted by Gasteiger charge is -2.13. The maximum atomic E-state index is 2.49. The third kappa shape index (κ3) is 3.82. The smallest absolute Gasteiger partial charge is 0.0553 e. The highest BCUT2D eigenvalue weighted by atomic mass is 15.0. The molecule has 0 spiro atoms. The Balaban J connectivity index is 1.26. The molecule has 0 aliphatic heterocycles. The van der Waals surface area contributed by atoms with Gasteiger partial charge in [-0.25, -0.2) is 0 Å². The van der Waals surface area contributed by atoms with Crippen LogP contribution < -0.4 is 0 Å². The van der Waals surface area contributed by atoms with Gasteiger partial charge in [-0.05, 0) is 125 Å². The highest BCUT2D eigenvalue weighted by Crippen LogP contribution is 2.45. The molecule has 49 heavy (non-hydrogen) atoms. The third-order valence-corrected chi connectivity index (χ3v) is 10.6. The van der Waals surface area contributed by atoms with E-state index in [1.807, 2.05) is 0 Å². The first-order chi connectivity index (χ1) is 24.3. The van der Waals surface area contributed by atoms with E-state index < -0.39 is 0 Å². The molecule has 11 aromatic rings. The summed E-state index contributed by atoms with van der Waals surface area (Å²) < 4.78 is 2.49. The molecule has 11 rings (SSSR count). The van der Waals surface area contributed by atoms with E-state index in [-0.39, 0.29) is 0 Å². The van der Waals surface area contributed by atoms with E-state index in [9.17, 15) is 0 Å². The molecule has 1 nitrogen and oxygen atoms in total. The topological polar surface area (TPSA) is 4.93 Å². The quantitative estimate of drug-likeness (QED) is 0.173. The first-order valence-electron chi connectivity index (χ1n) is 17.0. The van der Waals surface area contributed by atoms with Crippen LogP contribution in [0.4, 0.5) is 0 Å². The highest BCUT2D eigenvalue weighted by molar-refractivity contribution is 6.27. The van der Waals surface area contributed by atoms with Crippen LogP contribution in [0.5, 0.6) is 0 Å². The van der Waals surface area contributed by atoms with E-state index in [1.54, 1.807) is 0 Å². The van der Waals surface area contributed by atoms with Crippen molar-refractivity contribution in [1.29, 1.82) is 0 Å². The van der Waals surface area contributed by atoms with E-state index in [0.29, 0.717) is 0 Å². The number of aromatic nitrogens is 1. The van der Waals surface area contributed by atoms with E-state index in [1.165, 1.54) is 104 Å². The highest BCUT2D eigenvalue weighted by Gasteiger charge is 2.21. The normalized spacial score (nSPS) is 12.1. The van der Waals surface area contributed by atoms with Gasteiger partial charge in [-0.3, -0.25) is 0 Å². The average Bonchev–Trinajstić information content (AvgIpc) is 3.51. The van der Waals surface area contributed by atoms with Crippen LogP contribution in [0.2, 0.25) is 0 Å². The molecule has 0 unspecified atom stereocenters. The fourth-order valence-corrected chi connectivity index (χ4v) is 8.52. The van der Waals surface area contributed by atoms with Gasteiger partial charge in [0.15, 0.2) is 0 Å². The summed E-state index contributed by atoms with van der Waals surface area (Å²) in [6, 6.07) is 65.1. The predicted molar refractivity (Wildman–Crippen MR) is 210 cm³/mol. The lowest BCUT2D eigenvalue weighted by molar-refractivity contribution is 1.18. The number of para-hydroxylation sites is 1. The SMILES string of the molecule is c1ccc(-n2c3cc(-c4cc5ccccc5c5ccccc45)cc4ccc5cc(-c6cc7ccccc7c7ccccc67)cc2c5c43)cc1. The standard InChI is InChI=1S/C48H29N/c1-2-14-36(15-3-1)49-45-28-34(43-26-30-12-4-6-16-37(30)39-18-8-10-20-41(39)43)24-32-22-23-33-25-35(29-46(49)48(33)47(32)45)44-27-31-13-5-7-17-38(31)40-19-9-11-21-42(40)44/h1-29H. The average molecular weight is 620 g/mol. The molecule has 1 heteroatoms. The van der Waals surface area contributed by atoms with Gasteiger partial charge in [0.1, 0.15) is 0 Å². The molecule has 10 aromatic carbocycles. The molecular weight excluding hydrogens is 591 g/mol. The minimum atomic E-state index is 1.17. The molecule has 0 bridgehead atoms. The number of nitrogens with zero attached hydrogens (tertiary/aromatic N) is 1. The number of hydrogen-bond donors (Lipinski definition) is 0. The minimum Gasteiger partial charge on any atom is -0.309 e. The summed E-state index contributed by atoms with van der Waals surface area (Å²) in [6.45, 7) is 0. The second-order valence-corrected chi connectivity index (χ2v) is 13.3. The molecule has 0 amide bonds. The van der Waals surface area contributed by atoms with Crippen molar-refractivity contribution in [1.82, 2.24) is 4.57 Å². The second kappa shape index (κ2) is 10.0. The van der Waals surface area contributed by atoms with Gasteiger partial charge >= 0.3 is 0 Å². The molecule has 0 saturated heterocycles. The summed E-state index contributed by atoms with van der Waals surface area (Å²) in [6.07, 6.45) is 0. The Bertz CT molecular complexity index is 2900. The summed E-state index contributed by atoms with van der Waals surface area (Å²) in [5, 5.41) is 15.4. The predicted octanol–water partition coefficient (Wildman–Crippen LogP) is 13.3. The summed E-state index contributed by atoms with van der Waals surface area (Å²) in [7, 11) is 0. The molecule has 0 N–H and O–H groups in total.